The number of methoxy groups -OCH3 is 2. The average molecular weight is 432 g/mol. The smallest absolute Gasteiger partial charge is 0.222 e. The number of amides is 1. The minimum Gasteiger partial charge on any atom is -0.497 e. The molecule has 32 heavy (non-hydrogen) atoms. The molecule has 2 aromatic carbocycles. The van der Waals surface area contributed by atoms with Gasteiger partial charge in [-0.05, 0) is 49.1 Å². The number of hydrogen-bond acceptors (Lipinski definition) is 5. The Morgan fingerprint density at radius 1 is 1.06 bits per heavy atom. The fraction of sp³-hybridized carbons (Fsp3) is 0.346. The summed E-state index contributed by atoms with van der Waals surface area (Å²) in [5, 5.41) is 0. The zero-order valence-corrected chi connectivity index (χ0v) is 18.7. The van der Waals surface area contributed by atoms with Crippen LogP contribution in [0.15, 0.2) is 60.9 Å². The summed E-state index contributed by atoms with van der Waals surface area (Å²) in [7, 11) is 3.31. The summed E-state index contributed by atoms with van der Waals surface area (Å²) in [6.07, 6.45) is 6.84. The molecule has 1 aliphatic rings. The van der Waals surface area contributed by atoms with E-state index in [0.29, 0.717) is 13.0 Å². The van der Waals surface area contributed by atoms with Gasteiger partial charge in [-0.3, -0.25) is 9.78 Å². The van der Waals surface area contributed by atoms with Gasteiger partial charge in [0, 0.05) is 37.2 Å². The summed E-state index contributed by atoms with van der Waals surface area (Å²) in [4.78, 5) is 24.2. The largest absolute Gasteiger partial charge is 0.497 e. The second-order valence-electron chi connectivity index (χ2n) is 8.09. The third kappa shape index (κ3) is 5.25. The number of piperidine rings is 1. The number of aryl methyl sites for hydroxylation is 1. The third-order valence-corrected chi connectivity index (χ3v) is 6.00. The van der Waals surface area contributed by atoms with Crippen molar-refractivity contribution in [3.63, 3.8) is 0 Å². The molecule has 6 nitrogen and oxygen atoms in total. The molecule has 1 aliphatic heterocycles. The Labute approximate surface area is 189 Å². The number of likely N-dealkylation sites (tertiary alicyclic amines) is 1. The normalized spacial score (nSPS) is 15.9. The summed E-state index contributed by atoms with van der Waals surface area (Å²) in [5.74, 6) is 2.02. The Balaban J connectivity index is 1.40. The summed E-state index contributed by atoms with van der Waals surface area (Å²) < 4.78 is 10.5. The number of hydrogen-bond donors (Lipinski definition) is 0. The Morgan fingerprint density at radius 3 is 2.66 bits per heavy atom. The molecule has 1 saturated heterocycles. The molecule has 0 radical (unpaired) electrons. The highest BCUT2D eigenvalue weighted by Gasteiger charge is 2.26. The lowest BCUT2D eigenvalue weighted by molar-refractivity contribution is -0.132. The molecule has 0 N–H and O–H groups in total. The van der Waals surface area contributed by atoms with E-state index in [1.807, 2.05) is 59.6 Å². The summed E-state index contributed by atoms with van der Waals surface area (Å²) in [6.45, 7) is 1.50. The van der Waals surface area contributed by atoms with Crippen molar-refractivity contribution in [1.29, 1.82) is 0 Å². The Bertz CT molecular complexity index is 1050. The molecule has 1 aromatic heterocycles. The number of ether oxygens (including phenoxy) is 2. The predicted octanol–water partition coefficient (Wildman–Crippen LogP) is 4.50. The van der Waals surface area contributed by atoms with Gasteiger partial charge in [0.05, 0.1) is 31.8 Å². The fourth-order valence-electron chi connectivity index (χ4n) is 4.15. The van der Waals surface area contributed by atoms with Crippen molar-refractivity contribution in [3.05, 3.63) is 72.2 Å². The van der Waals surface area contributed by atoms with E-state index in [1.165, 1.54) is 0 Å². The highest BCUT2D eigenvalue weighted by molar-refractivity contribution is 5.76. The van der Waals surface area contributed by atoms with Gasteiger partial charge in [0.25, 0.3) is 0 Å². The Morgan fingerprint density at radius 2 is 1.88 bits per heavy atom. The van der Waals surface area contributed by atoms with Gasteiger partial charge in [0.1, 0.15) is 11.5 Å². The van der Waals surface area contributed by atoms with Crippen LogP contribution in [0.3, 0.4) is 0 Å². The first kappa shape index (κ1) is 21.8. The highest BCUT2D eigenvalue weighted by Crippen LogP contribution is 2.28. The van der Waals surface area contributed by atoms with Crippen LogP contribution in [0.2, 0.25) is 0 Å². The molecule has 0 bridgehead atoms. The first-order chi connectivity index (χ1) is 15.7. The number of rotatable bonds is 7. The van der Waals surface area contributed by atoms with Crippen LogP contribution in [0.1, 0.15) is 36.4 Å². The monoisotopic (exact) mass is 431 g/mol. The Hall–Kier alpha value is -3.41. The van der Waals surface area contributed by atoms with Crippen LogP contribution >= 0.6 is 0 Å². The van der Waals surface area contributed by atoms with Gasteiger partial charge in [-0.15, -0.1) is 0 Å². The van der Waals surface area contributed by atoms with E-state index >= 15 is 0 Å². The van der Waals surface area contributed by atoms with Crippen molar-refractivity contribution in [2.75, 3.05) is 27.3 Å². The number of nitrogens with zero attached hydrogens (tertiary/aromatic N) is 3. The lowest BCUT2D eigenvalue weighted by Crippen LogP contribution is -2.39. The van der Waals surface area contributed by atoms with Gasteiger partial charge in [-0.2, -0.15) is 0 Å². The summed E-state index contributed by atoms with van der Waals surface area (Å²) in [6, 6.07) is 15.7. The third-order valence-electron chi connectivity index (χ3n) is 6.00. The summed E-state index contributed by atoms with van der Waals surface area (Å²) >= 11 is 0. The molecule has 0 saturated carbocycles. The van der Waals surface area contributed by atoms with Crippen LogP contribution < -0.4 is 9.47 Å². The zero-order valence-electron chi connectivity index (χ0n) is 18.7. The maximum absolute atomic E-state index is 12.9. The molecular weight excluding hydrogens is 402 g/mol. The molecule has 1 fully saturated rings. The van der Waals surface area contributed by atoms with Gasteiger partial charge in [0.15, 0.2) is 0 Å². The average Bonchev–Trinajstić information content (AvgIpc) is 2.87. The van der Waals surface area contributed by atoms with E-state index in [0.717, 1.165) is 59.8 Å². The minimum absolute atomic E-state index is 0.197. The second kappa shape index (κ2) is 10.3. The number of carbonyl (C=O) groups excluding carboxylic acids is 1. The molecular formula is C26H29N3O3. The first-order valence-electron chi connectivity index (χ1n) is 11.0. The maximum atomic E-state index is 12.9. The lowest BCUT2D eigenvalue weighted by Gasteiger charge is -2.32. The van der Waals surface area contributed by atoms with Crippen molar-refractivity contribution in [1.82, 2.24) is 14.9 Å². The molecule has 2 heterocycles. The molecule has 166 valence electrons. The zero-order chi connectivity index (χ0) is 22.3. The van der Waals surface area contributed by atoms with Crippen molar-refractivity contribution < 1.29 is 14.3 Å². The lowest BCUT2D eigenvalue weighted by atomic mass is 9.94. The quantitative estimate of drug-likeness (QED) is 0.551. The molecule has 1 atom stereocenters. The standard InChI is InChI=1S/C26H29N3O3/c1-31-22-11-8-19(9-12-22)10-13-26(30)29-14-4-6-21(18-29)25-17-27-16-24(28-25)20-5-3-7-23(15-20)32-2/h3,5,7-9,11-12,15-17,21H,4,6,10,13-14,18H2,1-2H3. The van der Waals surface area contributed by atoms with Crippen LogP contribution in [0, 0.1) is 0 Å². The van der Waals surface area contributed by atoms with Gasteiger partial charge in [-0.25, -0.2) is 4.98 Å². The van der Waals surface area contributed by atoms with E-state index in [-0.39, 0.29) is 11.8 Å². The van der Waals surface area contributed by atoms with Gasteiger partial charge in [-0.1, -0.05) is 24.3 Å². The molecule has 0 spiro atoms. The summed E-state index contributed by atoms with van der Waals surface area (Å²) in [5.41, 5.74) is 3.88. The molecule has 1 unspecified atom stereocenters. The second-order valence-corrected chi connectivity index (χ2v) is 8.09. The van der Waals surface area contributed by atoms with Gasteiger partial charge >= 0.3 is 0 Å². The minimum atomic E-state index is 0.197. The van der Waals surface area contributed by atoms with Gasteiger partial charge in [0.2, 0.25) is 5.91 Å². The molecule has 0 aliphatic carbocycles. The van der Waals surface area contributed by atoms with E-state index < -0.39 is 0 Å². The van der Waals surface area contributed by atoms with E-state index in [2.05, 4.69) is 4.98 Å². The Kier molecular flexibility index (Phi) is 7.00. The fourth-order valence-corrected chi connectivity index (χ4v) is 4.15. The van der Waals surface area contributed by atoms with Crippen LogP contribution in [0.25, 0.3) is 11.3 Å². The van der Waals surface area contributed by atoms with Crippen molar-refractivity contribution in [2.24, 2.45) is 0 Å². The number of benzene rings is 2. The van der Waals surface area contributed by atoms with Crippen LogP contribution in [0.5, 0.6) is 11.5 Å². The number of aromatic nitrogens is 2. The van der Waals surface area contributed by atoms with Gasteiger partial charge < -0.3 is 14.4 Å². The van der Waals surface area contributed by atoms with Crippen LogP contribution in [-0.2, 0) is 11.2 Å². The predicted molar refractivity (Wildman–Crippen MR) is 124 cm³/mol. The van der Waals surface area contributed by atoms with Crippen molar-refractivity contribution >= 4 is 5.91 Å². The number of carbonyl (C=O) groups is 1. The van der Waals surface area contributed by atoms with E-state index in [1.54, 1.807) is 20.4 Å². The van der Waals surface area contributed by atoms with E-state index in [9.17, 15) is 4.79 Å². The molecule has 3 aromatic rings. The maximum Gasteiger partial charge on any atom is 0.222 e. The highest BCUT2D eigenvalue weighted by atomic mass is 16.5. The molecule has 1 amide bonds. The first-order valence-corrected chi connectivity index (χ1v) is 11.0. The SMILES string of the molecule is COc1ccc(CCC(=O)N2CCCC(c3cncc(-c4cccc(OC)c4)n3)C2)cc1. The molecule has 6 heteroatoms. The van der Waals surface area contributed by atoms with E-state index in [4.69, 9.17) is 14.5 Å². The van der Waals surface area contributed by atoms with Crippen LogP contribution in [0.4, 0.5) is 0 Å². The van der Waals surface area contributed by atoms with Crippen molar-refractivity contribution in [3.8, 4) is 22.8 Å². The molecule has 4 rings (SSSR count). The van der Waals surface area contributed by atoms with Crippen LogP contribution in [-0.4, -0.2) is 48.1 Å². The van der Waals surface area contributed by atoms with Crippen molar-refractivity contribution in [2.45, 2.75) is 31.6 Å². The topological polar surface area (TPSA) is 64.5 Å².